The van der Waals surface area contributed by atoms with Crippen molar-refractivity contribution in [2.75, 3.05) is 0 Å². The van der Waals surface area contributed by atoms with Crippen LogP contribution in [0.3, 0.4) is 0 Å². The van der Waals surface area contributed by atoms with Crippen LogP contribution in [0, 0.1) is 5.92 Å². The molecule has 0 saturated heterocycles. The van der Waals surface area contributed by atoms with Gasteiger partial charge in [-0.1, -0.05) is 36.4 Å². The summed E-state index contributed by atoms with van der Waals surface area (Å²) in [5.74, 6) is 0.902. The maximum absolute atomic E-state index is 6.00. The van der Waals surface area contributed by atoms with Crippen molar-refractivity contribution in [3.05, 3.63) is 48.6 Å². The molecule has 0 heterocycles. The molecular formula is C17H24O. The van der Waals surface area contributed by atoms with Crippen LogP contribution in [0.4, 0.5) is 0 Å². The minimum absolute atomic E-state index is 0.477. The monoisotopic (exact) mass is 244 g/mol. The second-order valence-corrected chi connectivity index (χ2v) is 5.31. The second-order valence-electron chi connectivity index (χ2n) is 5.31. The van der Waals surface area contributed by atoms with Gasteiger partial charge in [0.05, 0.1) is 12.7 Å². The molecule has 98 valence electrons. The first-order chi connectivity index (χ1) is 8.88. The van der Waals surface area contributed by atoms with Gasteiger partial charge in [-0.05, 0) is 50.0 Å². The SMILES string of the molecule is C=CCCC1CCC(OCc2ccccc2)CC1. The van der Waals surface area contributed by atoms with E-state index in [2.05, 4.69) is 30.8 Å². The Labute approximate surface area is 111 Å². The zero-order valence-corrected chi connectivity index (χ0v) is 11.2. The van der Waals surface area contributed by atoms with Gasteiger partial charge in [0.2, 0.25) is 0 Å². The van der Waals surface area contributed by atoms with E-state index in [1.807, 2.05) is 12.1 Å². The van der Waals surface area contributed by atoms with Gasteiger partial charge >= 0.3 is 0 Å². The van der Waals surface area contributed by atoms with Crippen molar-refractivity contribution in [1.82, 2.24) is 0 Å². The lowest BCUT2D eigenvalue weighted by Crippen LogP contribution is -2.21. The number of hydrogen-bond donors (Lipinski definition) is 0. The first kappa shape index (κ1) is 13.4. The molecule has 1 aromatic rings. The molecule has 2 rings (SSSR count). The molecule has 1 saturated carbocycles. The van der Waals surface area contributed by atoms with Gasteiger partial charge in [-0.3, -0.25) is 0 Å². The van der Waals surface area contributed by atoms with Crippen molar-refractivity contribution < 1.29 is 4.74 Å². The molecule has 0 aromatic heterocycles. The Kier molecular flexibility index (Phi) is 5.47. The highest BCUT2D eigenvalue weighted by Crippen LogP contribution is 2.29. The summed E-state index contributed by atoms with van der Waals surface area (Å²) in [5.41, 5.74) is 1.28. The molecule has 0 N–H and O–H groups in total. The third kappa shape index (κ3) is 4.30. The van der Waals surface area contributed by atoms with Gasteiger partial charge in [0.25, 0.3) is 0 Å². The molecule has 0 spiro atoms. The minimum Gasteiger partial charge on any atom is -0.374 e. The number of allylic oxidation sites excluding steroid dienone is 1. The molecule has 1 aromatic carbocycles. The van der Waals surface area contributed by atoms with Crippen molar-refractivity contribution in [1.29, 1.82) is 0 Å². The first-order valence-corrected chi connectivity index (χ1v) is 7.15. The number of hydrogen-bond acceptors (Lipinski definition) is 1. The van der Waals surface area contributed by atoms with E-state index in [0.29, 0.717) is 6.10 Å². The van der Waals surface area contributed by atoms with Crippen LogP contribution in [-0.4, -0.2) is 6.10 Å². The average Bonchev–Trinajstić information content (AvgIpc) is 2.45. The third-order valence-electron chi connectivity index (χ3n) is 3.90. The molecular weight excluding hydrogens is 220 g/mol. The molecule has 0 bridgehead atoms. The molecule has 18 heavy (non-hydrogen) atoms. The molecule has 1 aliphatic carbocycles. The van der Waals surface area contributed by atoms with E-state index >= 15 is 0 Å². The van der Waals surface area contributed by atoms with Gasteiger partial charge in [-0.2, -0.15) is 0 Å². The Morgan fingerprint density at radius 3 is 2.50 bits per heavy atom. The summed E-state index contributed by atoms with van der Waals surface area (Å²) in [6.45, 7) is 4.57. The Morgan fingerprint density at radius 1 is 1.11 bits per heavy atom. The minimum atomic E-state index is 0.477. The van der Waals surface area contributed by atoms with Crippen LogP contribution in [0.25, 0.3) is 0 Å². The lowest BCUT2D eigenvalue weighted by Gasteiger charge is -2.28. The predicted molar refractivity (Wildman–Crippen MR) is 76.4 cm³/mol. The van der Waals surface area contributed by atoms with Gasteiger partial charge in [-0.15, -0.1) is 6.58 Å². The Hall–Kier alpha value is -1.08. The highest BCUT2D eigenvalue weighted by Gasteiger charge is 2.20. The number of ether oxygens (including phenoxy) is 1. The highest BCUT2D eigenvalue weighted by molar-refractivity contribution is 5.13. The van der Waals surface area contributed by atoms with Crippen LogP contribution in [0.2, 0.25) is 0 Å². The molecule has 0 amide bonds. The molecule has 1 fully saturated rings. The number of rotatable bonds is 6. The van der Waals surface area contributed by atoms with Crippen molar-refractivity contribution >= 4 is 0 Å². The quantitative estimate of drug-likeness (QED) is 0.657. The van der Waals surface area contributed by atoms with E-state index in [4.69, 9.17) is 4.74 Å². The Morgan fingerprint density at radius 2 is 1.83 bits per heavy atom. The number of benzene rings is 1. The lowest BCUT2D eigenvalue weighted by atomic mass is 9.84. The van der Waals surface area contributed by atoms with E-state index in [9.17, 15) is 0 Å². The fourth-order valence-corrected chi connectivity index (χ4v) is 2.73. The van der Waals surface area contributed by atoms with Crippen LogP contribution in [-0.2, 0) is 11.3 Å². The summed E-state index contributed by atoms with van der Waals surface area (Å²) in [6, 6.07) is 10.5. The molecule has 0 radical (unpaired) electrons. The fraction of sp³-hybridized carbons (Fsp3) is 0.529. The van der Waals surface area contributed by atoms with E-state index in [1.54, 1.807) is 0 Å². The fourth-order valence-electron chi connectivity index (χ4n) is 2.73. The van der Waals surface area contributed by atoms with Crippen LogP contribution in [0.5, 0.6) is 0 Å². The molecule has 0 unspecified atom stereocenters. The summed E-state index contributed by atoms with van der Waals surface area (Å²) in [6.07, 6.45) is 10.1. The van der Waals surface area contributed by atoms with Crippen LogP contribution in [0.1, 0.15) is 44.1 Å². The van der Waals surface area contributed by atoms with Gasteiger partial charge in [0, 0.05) is 0 Å². The standard InChI is InChI=1S/C17H24O/c1-2-3-7-15-10-12-17(13-11-15)18-14-16-8-5-4-6-9-16/h2,4-6,8-9,15,17H,1,3,7,10-14H2. The third-order valence-corrected chi connectivity index (χ3v) is 3.90. The van der Waals surface area contributed by atoms with Gasteiger partial charge in [-0.25, -0.2) is 0 Å². The second kappa shape index (κ2) is 7.38. The summed E-state index contributed by atoms with van der Waals surface area (Å²) in [4.78, 5) is 0. The molecule has 0 aliphatic heterocycles. The summed E-state index contributed by atoms with van der Waals surface area (Å²) in [5, 5.41) is 0. The van der Waals surface area contributed by atoms with Crippen molar-refractivity contribution in [2.24, 2.45) is 5.92 Å². The van der Waals surface area contributed by atoms with Gasteiger partial charge < -0.3 is 4.74 Å². The van der Waals surface area contributed by atoms with Crippen LogP contribution >= 0.6 is 0 Å². The predicted octanol–water partition coefficient (Wildman–Crippen LogP) is 4.73. The van der Waals surface area contributed by atoms with Crippen LogP contribution < -0.4 is 0 Å². The van der Waals surface area contributed by atoms with Gasteiger partial charge in [0.15, 0.2) is 0 Å². The summed E-state index contributed by atoms with van der Waals surface area (Å²) >= 11 is 0. The van der Waals surface area contributed by atoms with E-state index in [0.717, 1.165) is 12.5 Å². The van der Waals surface area contributed by atoms with Gasteiger partial charge in [0.1, 0.15) is 0 Å². The van der Waals surface area contributed by atoms with Crippen LogP contribution in [0.15, 0.2) is 43.0 Å². The molecule has 0 atom stereocenters. The molecule has 1 nitrogen and oxygen atoms in total. The zero-order chi connectivity index (χ0) is 12.6. The Bertz CT molecular complexity index is 336. The smallest absolute Gasteiger partial charge is 0.0720 e. The first-order valence-electron chi connectivity index (χ1n) is 7.15. The van der Waals surface area contributed by atoms with E-state index in [1.165, 1.54) is 44.1 Å². The Balaban J connectivity index is 1.66. The normalized spacial score (nSPS) is 23.8. The largest absolute Gasteiger partial charge is 0.374 e. The van der Waals surface area contributed by atoms with Crippen molar-refractivity contribution in [3.8, 4) is 0 Å². The van der Waals surface area contributed by atoms with E-state index < -0.39 is 0 Å². The summed E-state index contributed by atoms with van der Waals surface area (Å²) < 4.78 is 6.00. The topological polar surface area (TPSA) is 9.23 Å². The average molecular weight is 244 g/mol. The summed E-state index contributed by atoms with van der Waals surface area (Å²) in [7, 11) is 0. The molecule has 1 aliphatic rings. The zero-order valence-electron chi connectivity index (χ0n) is 11.2. The maximum atomic E-state index is 6.00. The lowest BCUT2D eigenvalue weighted by molar-refractivity contribution is 0.00647. The molecule has 1 heteroatoms. The van der Waals surface area contributed by atoms with E-state index in [-0.39, 0.29) is 0 Å². The van der Waals surface area contributed by atoms with Crippen molar-refractivity contribution in [3.63, 3.8) is 0 Å². The maximum Gasteiger partial charge on any atom is 0.0720 e. The van der Waals surface area contributed by atoms with Crippen molar-refractivity contribution in [2.45, 2.75) is 51.2 Å². The highest BCUT2D eigenvalue weighted by atomic mass is 16.5.